The number of carbonyl (C=O) groups excluding carboxylic acids is 1. The van der Waals surface area contributed by atoms with Gasteiger partial charge in [0.1, 0.15) is 48.8 Å². The molecule has 0 bridgehead atoms. The fourth-order valence-electron chi connectivity index (χ4n) is 11.7. The van der Waals surface area contributed by atoms with Gasteiger partial charge in [-0.2, -0.15) is 0 Å². The van der Waals surface area contributed by atoms with E-state index in [9.17, 15) is 45.6 Å². The molecule has 1 amide bonds. The quantitative estimate of drug-likeness (QED) is 0.0204. The molecule has 12 unspecified atom stereocenters. The molecule has 12 atom stereocenters. The first kappa shape index (κ1) is 86.5. The predicted molar refractivity (Wildman–Crippen MR) is 387 cm³/mol. The normalized spacial score (nSPS) is 23.2. The second-order valence-electron chi connectivity index (χ2n) is 26.0. The first-order valence-corrected chi connectivity index (χ1v) is 37.8. The molecule has 2 heterocycles. The smallest absolute Gasteiger partial charge is 0.220 e. The summed E-state index contributed by atoms with van der Waals surface area (Å²) in [6, 6.07) is -0.956. The molecule has 0 aromatic heterocycles. The van der Waals surface area contributed by atoms with Crippen molar-refractivity contribution < 1.29 is 64.6 Å². The summed E-state index contributed by atoms with van der Waals surface area (Å²) in [4.78, 5) is 13.4. The van der Waals surface area contributed by atoms with Gasteiger partial charge in [-0.1, -0.05) is 296 Å². The van der Waals surface area contributed by atoms with E-state index in [4.69, 9.17) is 18.9 Å². The van der Waals surface area contributed by atoms with Crippen molar-refractivity contribution in [3.05, 3.63) is 122 Å². The van der Waals surface area contributed by atoms with Gasteiger partial charge in [-0.15, -0.1) is 0 Å². The Bertz CT molecular complexity index is 2040. The molecular weight excluding hydrogens is 1180 g/mol. The SMILES string of the molecule is CC/C=C\C/C=C\C/C=C\C/C=C\C/C=C\C/C=C\C/C=C\CCCCCCCCCC(=O)NC(COC1OC(CO)C(OC2OC(CO)C(O)C(O)C2O)C(O)C1O)C(O)/C=C/CC/C=C/CC/C=C/CCCCCCCCCCCCCCCCCCCCCCC. The van der Waals surface area contributed by atoms with Gasteiger partial charge < -0.3 is 65.1 Å². The maximum Gasteiger partial charge on any atom is 0.220 e. The predicted octanol–water partition coefficient (Wildman–Crippen LogP) is 16.5. The lowest BCUT2D eigenvalue weighted by Crippen LogP contribution is -2.65. The zero-order valence-corrected chi connectivity index (χ0v) is 58.9. The van der Waals surface area contributed by atoms with E-state index in [1.807, 2.05) is 6.08 Å². The van der Waals surface area contributed by atoms with Gasteiger partial charge in [0.2, 0.25) is 5.91 Å². The van der Waals surface area contributed by atoms with E-state index in [0.29, 0.717) is 12.8 Å². The Labute approximate surface area is 571 Å². The van der Waals surface area contributed by atoms with Crippen molar-refractivity contribution in [2.75, 3.05) is 19.8 Å². The molecule has 94 heavy (non-hydrogen) atoms. The average molecular weight is 1320 g/mol. The molecule has 0 spiro atoms. The number of unbranched alkanes of at least 4 members (excludes halogenated alkanes) is 30. The maximum atomic E-state index is 13.4. The minimum atomic E-state index is -1.80. The molecule has 2 saturated heterocycles. The highest BCUT2D eigenvalue weighted by Gasteiger charge is 2.51. The molecule has 2 fully saturated rings. The van der Waals surface area contributed by atoms with Gasteiger partial charge in [0.05, 0.1) is 32.0 Å². The van der Waals surface area contributed by atoms with Gasteiger partial charge in [-0.05, 0) is 103 Å². The van der Waals surface area contributed by atoms with Crippen LogP contribution in [-0.2, 0) is 23.7 Å². The number of aliphatic hydroxyl groups is 8. The van der Waals surface area contributed by atoms with Crippen molar-refractivity contribution in [1.29, 1.82) is 0 Å². The summed E-state index contributed by atoms with van der Waals surface area (Å²) in [5, 5.41) is 87.5. The Morgan fingerprint density at radius 3 is 1.17 bits per heavy atom. The highest BCUT2D eigenvalue weighted by Crippen LogP contribution is 2.30. The lowest BCUT2D eigenvalue weighted by atomic mass is 9.97. The molecule has 9 N–H and O–H groups in total. The monoisotopic (exact) mass is 1320 g/mol. The lowest BCUT2D eigenvalue weighted by molar-refractivity contribution is -0.359. The number of nitrogens with one attached hydrogen (secondary N) is 1. The van der Waals surface area contributed by atoms with Crippen LogP contribution in [-0.4, -0.2) is 140 Å². The summed E-state index contributed by atoms with van der Waals surface area (Å²) in [5.74, 6) is -0.267. The number of hydrogen-bond donors (Lipinski definition) is 9. The number of allylic oxidation sites excluding steroid dienone is 19. The van der Waals surface area contributed by atoms with Crippen molar-refractivity contribution in [1.82, 2.24) is 5.32 Å². The van der Waals surface area contributed by atoms with E-state index in [1.165, 1.54) is 135 Å². The Morgan fingerprint density at radius 1 is 0.394 bits per heavy atom. The maximum absolute atomic E-state index is 13.4. The van der Waals surface area contributed by atoms with Crippen LogP contribution in [0.1, 0.15) is 284 Å². The van der Waals surface area contributed by atoms with Crippen molar-refractivity contribution in [3.8, 4) is 0 Å². The van der Waals surface area contributed by atoms with Crippen molar-refractivity contribution in [2.24, 2.45) is 0 Å². The largest absolute Gasteiger partial charge is 0.394 e. The second-order valence-corrected chi connectivity index (χ2v) is 26.0. The zero-order valence-electron chi connectivity index (χ0n) is 58.9. The van der Waals surface area contributed by atoms with E-state index in [2.05, 4.69) is 129 Å². The van der Waals surface area contributed by atoms with Gasteiger partial charge in [0.15, 0.2) is 12.6 Å². The molecule has 2 aliphatic heterocycles. The molecule has 0 aliphatic carbocycles. The fourth-order valence-corrected chi connectivity index (χ4v) is 11.7. The second kappa shape index (κ2) is 62.9. The zero-order chi connectivity index (χ0) is 68.0. The first-order chi connectivity index (χ1) is 46.1. The lowest BCUT2D eigenvalue weighted by Gasteiger charge is -2.46. The third kappa shape index (κ3) is 45.8. The summed E-state index contributed by atoms with van der Waals surface area (Å²) >= 11 is 0. The minimum absolute atomic E-state index is 0.249. The number of ether oxygens (including phenoxy) is 4. The van der Waals surface area contributed by atoms with Crippen LogP contribution in [0.25, 0.3) is 0 Å². The van der Waals surface area contributed by atoms with Crippen molar-refractivity contribution >= 4 is 5.91 Å². The molecular formula is C80H137NO13. The number of carbonyl (C=O) groups is 1. The summed E-state index contributed by atoms with van der Waals surface area (Å²) in [7, 11) is 0. The van der Waals surface area contributed by atoms with Crippen LogP contribution in [0.5, 0.6) is 0 Å². The summed E-state index contributed by atoms with van der Waals surface area (Å²) < 4.78 is 22.9. The Hall–Kier alpha value is -3.61. The van der Waals surface area contributed by atoms with Crippen LogP contribution in [0, 0.1) is 0 Å². The molecule has 2 rings (SSSR count). The third-order valence-electron chi connectivity index (χ3n) is 17.6. The molecule has 14 heteroatoms. The topological polar surface area (TPSA) is 228 Å². The fraction of sp³-hybridized carbons (Fsp3) is 0.738. The highest BCUT2D eigenvalue weighted by molar-refractivity contribution is 5.76. The van der Waals surface area contributed by atoms with Gasteiger partial charge in [0.25, 0.3) is 0 Å². The standard InChI is InChI=1S/C80H137NO13/c1-3-5-7-9-11-13-15-17-19-21-23-25-27-29-31-33-34-36-37-39-41-43-45-47-49-51-53-55-57-59-61-63-69(84)68(67-91-79-77(90)75(88)78(71(66-83)93-79)94-80-76(89)74(87)73(86)70(65-82)92-80)81-72(85)64-62-60-58-56-54-52-50-48-46-44-42-40-38-35-32-30-28-26-24-22-20-18-16-14-12-10-8-6-4-2/h6,8,12,14,18,20,24,26,30,32,38,40,44-47,53,55,61,63,68-71,73-80,82-84,86-90H,3-5,7,9-11,13,15-17,19,21-23,25,27-29,31,33-37,39,41-43,48-52,54,56-60,62,64-67H2,1-2H3,(H,81,85)/b8-6-,14-12-,20-18-,26-24-,32-30-,40-38-,46-44-,47-45+,55-53+,63-61+. The molecule has 0 radical (unpaired) electrons. The molecule has 0 saturated carbocycles. The van der Waals surface area contributed by atoms with Crippen LogP contribution in [0.2, 0.25) is 0 Å². The Kier molecular flexibility index (Phi) is 57.8. The van der Waals surface area contributed by atoms with Crippen molar-refractivity contribution in [3.63, 3.8) is 0 Å². The van der Waals surface area contributed by atoms with Crippen LogP contribution in [0.3, 0.4) is 0 Å². The number of hydrogen-bond acceptors (Lipinski definition) is 13. The van der Waals surface area contributed by atoms with Crippen LogP contribution >= 0.6 is 0 Å². The summed E-state index contributed by atoms with van der Waals surface area (Å²) in [6.07, 6.45) is 75.5. The third-order valence-corrected chi connectivity index (χ3v) is 17.6. The molecule has 0 aromatic rings. The molecule has 0 aromatic carbocycles. The highest BCUT2D eigenvalue weighted by atomic mass is 16.7. The minimum Gasteiger partial charge on any atom is -0.394 e. The van der Waals surface area contributed by atoms with E-state index in [1.54, 1.807) is 6.08 Å². The Balaban J connectivity index is 1.69. The average Bonchev–Trinajstić information content (AvgIpc) is 0.794. The molecule has 14 nitrogen and oxygen atoms in total. The van der Waals surface area contributed by atoms with Gasteiger partial charge >= 0.3 is 0 Å². The van der Waals surface area contributed by atoms with Gasteiger partial charge in [-0.25, -0.2) is 0 Å². The van der Waals surface area contributed by atoms with E-state index in [0.717, 1.165) is 116 Å². The number of aliphatic hydroxyl groups excluding tert-OH is 8. The van der Waals surface area contributed by atoms with E-state index in [-0.39, 0.29) is 18.9 Å². The Morgan fingerprint density at radius 2 is 0.745 bits per heavy atom. The molecule has 540 valence electrons. The first-order valence-electron chi connectivity index (χ1n) is 37.8. The van der Waals surface area contributed by atoms with E-state index < -0.39 is 86.8 Å². The van der Waals surface area contributed by atoms with Crippen LogP contribution < -0.4 is 5.32 Å². The van der Waals surface area contributed by atoms with Crippen LogP contribution in [0.15, 0.2) is 122 Å². The van der Waals surface area contributed by atoms with Gasteiger partial charge in [0, 0.05) is 6.42 Å². The van der Waals surface area contributed by atoms with Gasteiger partial charge in [-0.3, -0.25) is 4.79 Å². The summed E-state index contributed by atoms with van der Waals surface area (Å²) in [5.41, 5.74) is 0. The van der Waals surface area contributed by atoms with Crippen molar-refractivity contribution in [2.45, 2.75) is 357 Å². The number of amides is 1. The summed E-state index contributed by atoms with van der Waals surface area (Å²) in [6.45, 7) is 2.67. The van der Waals surface area contributed by atoms with E-state index >= 15 is 0 Å². The van der Waals surface area contributed by atoms with Crippen LogP contribution in [0.4, 0.5) is 0 Å². The molecule has 2 aliphatic rings. The number of rotatable bonds is 61.